The van der Waals surface area contributed by atoms with Crippen LogP contribution in [0.4, 0.5) is 5.69 Å². The molecule has 1 aromatic heterocycles. The molecule has 150 valence electrons. The smallest absolute Gasteiger partial charge is 0.273 e. The van der Waals surface area contributed by atoms with Crippen molar-refractivity contribution in [2.45, 2.75) is 0 Å². The standard InChI is InChI=1S/C24H21N3O3/c1-29-21-13-10-18(14-22(21)30-2)23-20(24(28)27-26-23)15-25-19-11-8-17(9-12-19)16-6-4-3-5-7-16/h3-15H,1-2H3,(H2,26,27,28). The highest BCUT2D eigenvalue weighted by Gasteiger charge is 2.13. The molecule has 2 N–H and O–H groups in total. The SMILES string of the molecule is COc1ccc(-c2[nH][nH]c(=O)c2C=Nc2ccc(-c3ccccc3)cc2)cc1OC. The number of benzene rings is 3. The number of hydrogen-bond donors (Lipinski definition) is 2. The summed E-state index contributed by atoms with van der Waals surface area (Å²) in [6, 6.07) is 23.5. The van der Waals surface area contributed by atoms with E-state index in [0.717, 1.165) is 22.4 Å². The van der Waals surface area contributed by atoms with Gasteiger partial charge in [0.2, 0.25) is 0 Å². The molecule has 1 heterocycles. The van der Waals surface area contributed by atoms with Gasteiger partial charge in [0.15, 0.2) is 11.5 Å². The predicted octanol–water partition coefficient (Wildman–Crippen LogP) is 4.80. The zero-order valence-electron chi connectivity index (χ0n) is 16.7. The van der Waals surface area contributed by atoms with Crippen LogP contribution in [0.3, 0.4) is 0 Å². The number of H-pyrrole nitrogens is 2. The highest BCUT2D eigenvalue weighted by molar-refractivity contribution is 5.90. The summed E-state index contributed by atoms with van der Waals surface area (Å²) >= 11 is 0. The molecule has 0 aliphatic rings. The lowest BCUT2D eigenvalue weighted by molar-refractivity contribution is 0.355. The molecule has 0 spiro atoms. The number of aromatic nitrogens is 2. The van der Waals surface area contributed by atoms with Gasteiger partial charge in [-0.05, 0) is 41.5 Å². The van der Waals surface area contributed by atoms with E-state index in [4.69, 9.17) is 9.47 Å². The van der Waals surface area contributed by atoms with Gasteiger partial charge in [-0.25, -0.2) is 0 Å². The Morgan fingerprint density at radius 2 is 1.43 bits per heavy atom. The van der Waals surface area contributed by atoms with E-state index in [-0.39, 0.29) is 5.56 Å². The van der Waals surface area contributed by atoms with Crippen LogP contribution >= 0.6 is 0 Å². The van der Waals surface area contributed by atoms with Crippen LogP contribution in [-0.2, 0) is 0 Å². The van der Waals surface area contributed by atoms with Crippen LogP contribution in [-0.4, -0.2) is 30.6 Å². The lowest BCUT2D eigenvalue weighted by Crippen LogP contribution is -2.05. The second-order valence-corrected chi connectivity index (χ2v) is 6.61. The summed E-state index contributed by atoms with van der Waals surface area (Å²) in [6.07, 6.45) is 1.57. The first-order valence-corrected chi connectivity index (χ1v) is 9.42. The van der Waals surface area contributed by atoms with Gasteiger partial charge in [0.25, 0.3) is 5.56 Å². The molecule has 0 aliphatic heterocycles. The van der Waals surface area contributed by atoms with Crippen molar-refractivity contribution < 1.29 is 9.47 Å². The molecular formula is C24H21N3O3. The summed E-state index contributed by atoms with van der Waals surface area (Å²) < 4.78 is 10.6. The number of ether oxygens (including phenoxy) is 2. The summed E-state index contributed by atoms with van der Waals surface area (Å²) in [7, 11) is 3.15. The molecule has 4 rings (SSSR count). The molecule has 6 nitrogen and oxygen atoms in total. The van der Waals surface area contributed by atoms with Crippen molar-refractivity contribution in [2.24, 2.45) is 4.99 Å². The van der Waals surface area contributed by atoms with E-state index in [2.05, 4.69) is 27.3 Å². The Morgan fingerprint density at radius 3 is 2.13 bits per heavy atom. The molecular weight excluding hydrogens is 378 g/mol. The number of nitrogens with zero attached hydrogens (tertiary/aromatic N) is 1. The van der Waals surface area contributed by atoms with Crippen molar-refractivity contribution in [3.05, 3.63) is 88.7 Å². The minimum Gasteiger partial charge on any atom is -0.493 e. The maximum absolute atomic E-state index is 12.3. The molecule has 0 aliphatic carbocycles. The van der Waals surface area contributed by atoms with Crippen molar-refractivity contribution in [3.8, 4) is 33.9 Å². The van der Waals surface area contributed by atoms with Crippen LogP contribution in [0.15, 0.2) is 82.6 Å². The zero-order valence-corrected chi connectivity index (χ0v) is 16.7. The van der Waals surface area contributed by atoms with Crippen LogP contribution in [0.5, 0.6) is 11.5 Å². The van der Waals surface area contributed by atoms with Gasteiger partial charge in [-0.2, -0.15) is 0 Å². The number of aromatic amines is 2. The Kier molecular flexibility index (Phi) is 5.48. The Hall–Kier alpha value is -4.06. The summed E-state index contributed by atoms with van der Waals surface area (Å²) in [5.74, 6) is 1.20. The Morgan fingerprint density at radius 1 is 0.767 bits per heavy atom. The minimum absolute atomic E-state index is 0.246. The first kappa shape index (κ1) is 19.3. The largest absolute Gasteiger partial charge is 0.493 e. The molecule has 0 saturated heterocycles. The van der Waals surface area contributed by atoms with Crippen molar-refractivity contribution in [1.29, 1.82) is 0 Å². The van der Waals surface area contributed by atoms with E-state index in [1.54, 1.807) is 26.5 Å². The van der Waals surface area contributed by atoms with Gasteiger partial charge in [-0.3, -0.25) is 20.0 Å². The van der Waals surface area contributed by atoms with Gasteiger partial charge in [0, 0.05) is 11.8 Å². The Labute approximate surface area is 173 Å². The minimum atomic E-state index is -0.246. The molecule has 0 amide bonds. The van der Waals surface area contributed by atoms with Crippen LogP contribution in [0.25, 0.3) is 22.4 Å². The second kappa shape index (κ2) is 8.53. The molecule has 0 saturated carbocycles. The lowest BCUT2D eigenvalue weighted by Gasteiger charge is -2.09. The van der Waals surface area contributed by atoms with Crippen molar-refractivity contribution >= 4 is 11.9 Å². The highest BCUT2D eigenvalue weighted by Crippen LogP contribution is 2.32. The van der Waals surface area contributed by atoms with E-state index < -0.39 is 0 Å². The zero-order chi connectivity index (χ0) is 20.9. The first-order chi connectivity index (χ1) is 14.7. The molecule has 0 radical (unpaired) electrons. The molecule has 0 bridgehead atoms. The average molecular weight is 399 g/mol. The molecule has 0 atom stereocenters. The molecule has 3 aromatic carbocycles. The van der Waals surface area contributed by atoms with Crippen molar-refractivity contribution in [3.63, 3.8) is 0 Å². The van der Waals surface area contributed by atoms with Gasteiger partial charge < -0.3 is 9.47 Å². The van der Waals surface area contributed by atoms with E-state index in [0.29, 0.717) is 22.8 Å². The predicted molar refractivity (Wildman–Crippen MR) is 119 cm³/mol. The molecule has 6 heteroatoms. The number of methoxy groups -OCH3 is 2. The fourth-order valence-electron chi connectivity index (χ4n) is 3.22. The quantitative estimate of drug-likeness (QED) is 0.457. The van der Waals surface area contributed by atoms with Gasteiger partial charge in [-0.1, -0.05) is 42.5 Å². The summed E-state index contributed by atoms with van der Waals surface area (Å²) in [4.78, 5) is 16.8. The monoisotopic (exact) mass is 399 g/mol. The molecule has 4 aromatic rings. The van der Waals surface area contributed by atoms with Crippen LogP contribution < -0.4 is 15.0 Å². The number of aliphatic imine (C=N–C) groups is 1. The number of rotatable bonds is 6. The third-order valence-corrected chi connectivity index (χ3v) is 4.80. The van der Waals surface area contributed by atoms with E-state index in [1.165, 1.54) is 0 Å². The normalized spacial score (nSPS) is 11.0. The van der Waals surface area contributed by atoms with Crippen LogP contribution in [0.2, 0.25) is 0 Å². The topological polar surface area (TPSA) is 79.5 Å². The summed E-state index contributed by atoms with van der Waals surface area (Å²) in [6.45, 7) is 0. The van der Waals surface area contributed by atoms with Gasteiger partial charge in [0.1, 0.15) is 0 Å². The van der Waals surface area contributed by atoms with E-state index >= 15 is 0 Å². The fourth-order valence-corrected chi connectivity index (χ4v) is 3.22. The Bertz CT molecular complexity index is 1220. The van der Waals surface area contributed by atoms with Crippen LogP contribution in [0, 0.1) is 0 Å². The van der Waals surface area contributed by atoms with Gasteiger partial charge in [0.05, 0.1) is 31.2 Å². The molecule has 30 heavy (non-hydrogen) atoms. The van der Waals surface area contributed by atoms with Crippen molar-refractivity contribution in [2.75, 3.05) is 14.2 Å². The maximum atomic E-state index is 12.3. The number of hydrogen-bond acceptors (Lipinski definition) is 4. The summed E-state index contributed by atoms with van der Waals surface area (Å²) in [5.41, 5.74) is 4.62. The third-order valence-electron chi connectivity index (χ3n) is 4.80. The average Bonchev–Trinajstić information content (AvgIpc) is 3.18. The van der Waals surface area contributed by atoms with E-state index in [1.807, 2.05) is 54.6 Å². The first-order valence-electron chi connectivity index (χ1n) is 9.42. The van der Waals surface area contributed by atoms with Crippen LogP contribution in [0.1, 0.15) is 5.56 Å². The second-order valence-electron chi connectivity index (χ2n) is 6.61. The number of nitrogens with one attached hydrogen (secondary N) is 2. The molecule has 0 fully saturated rings. The van der Waals surface area contributed by atoms with E-state index in [9.17, 15) is 4.79 Å². The lowest BCUT2D eigenvalue weighted by atomic mass is 10.1. The van der Waals surface area contributed by atoms with Gasteiger partial charge >= 0.3 is 0 Å². The molecule has 0 unspecified atom stereocenters. The maximum Gasteiger partial charge on any atom is 0.273 e. The summed E-state index contributed by atoms with van der Waals surface area (Å²) in [5, 5.41) is 5.55. The fraction of sp³-hybridized carbons (Fsp3) is 0.0833. The van der Waals surface area contributed by atoms with Crippen molar-refractivity contribution in [1.82, 2.24) is 10.2 Å². The highest BCUT2D eigenvalue weighted by atomic mass is 16.5. The van der Waals surface area contributed by atoms with Gasteiger partial charge in [-0.15, -0.1) is 0 Å². The third kappa shape index (κ3) is 3.89. The Balaban J connectivity index is 1.62.